The first-order chi connectivity index (χ1) is 12.2. The average molecular weight is 351 g/mol. The standard InChI is InChI=1S/C21H21NO4/c1-21(2,3)19(25)16-17(13-9-5-4-6-10-13)22(20(26)18(16)24)14-11-7-8-12-15(14)23/h4-12,17,23-24H,1-3H3. The molecule has 2 aromatic carbocycles. The molecule has 2 N–H and O–H groups in total. The molecule has 0 spiro atoms. The highest BCUT2D eigenvalue weighted by Crippen LogP contribution is 2.45. The molecule has 0 saturated heterocycles. The van der Waals surface area contributed by atoms with Gasteiger partial charge in [0.1, 0.15) is 5.75 Å². The van der Waals surface area contributed by atoms with E-state index in [4.69, 9.17) is 0 Å². The number of nitrogens with zero attached hydrogens (tertiary/aromatic N) is 1. The van der Waals surface area contributed by atoms with Crippen molar-refractivity contribution in [1.29, 1.82) is 0 Å². The van der Waals surface area contributed by atoms with Crippen LogP contribution in [0, 0.1) is 5.41 Å². The molecule has 1 atom stereocenters. The Bertz CT molecular complexity index is 894. The van der Waals surface area contributed by atoms with Gasteiger partial charge in [0, 0.05) is 5.41 Å². The van der Waals surface area contributed by atoms with Gasteiger partial charge in [-0.05, 0) is 17.7 Å². The van der Waals surface area contributed by atoms with Gasteiger partial charge in [0.15, 0.2) is 11.5 Å². The zero-order valence-corrected chi connectivity index (χ0v) is 14.9. The molecule has 0 bridgehead atoms. The Balaban J connectivity index is 2.23. The molecular weight excluding hydrogens is 330 g/mol. The molecule has 0 aromatic heterocycles. The molecule has 3 rings (SSSR count). The number of hydrogen-bond donors (Lipinski definition) is 2. The van der Waals surface area contributed by atoms with Crippen molar-refractivity contribution in [3.05, 3.63) is 71.5 Å². The SMILES string of the molecule is CC(C)(C)C(=O)C1=C(O)C(=O)N(c2ccccc2O)C1c1ccccc1. The third-order valence-corrected chi connectivity index (χ3v) is 4.39. The van der Waals surface area contributed by atoms with Crippen molar-refractivity contribution in [2.45, 2.75) is 26.8 Å². The maximum absolute atomic E-state index is 13.0. The summed E-state index contributed by atoms with van der Waals surface area (Å²) in [5, 5.41) is 20.8. The molecule has 0 fully saturated rings. The number of anilines is 1. The normalized spacial score (nSPS) is 17.7. The summed E-state index contributed by atoms with van der Waals surface area (Å²) in [6, 6.07) is 14.6. The molecule has 1 heterocycles. The summed E-state index contributed by atoms with van der Waals surface area (Å²) in [5.41, 5.74) is 0.207. The molecule has 26 heavy (non-hydrogen) atoms. The molecule has 0 aliphatic carbocycles. The Morgan fingerprint density at radius 3 is 2.12 bits per heavy atom. The van der Waals surface area contributed by atoms with Gasteiger partial charge in [-0.1, -0.05) is 63.2 Å². The van der Waals surface area contributed by atoms with Gasteiger partial charge in [-0.15, -0.1) is 0 Å². The number of para-hydroxylation sites is 2. The Morgan fingerprint density at radius 2 is 1.54 bits per heavy atom. The molecular formula is C21H21NO4. The van der Waals surface area contributed by atoms with Crippen molar-refractivity contribution < 1.29 is 19.8 Å². The second-order valence-electron chi connectivity index (χ2n) is 7.32. The molecule has 2 aromatic rings. The number of phenolic OH excluding ortho intramolecular Hbond substituents is 1. The van der Waals surface area contributed by atoms with E-state index in [0.29, 0.717) is 5.56 Å². The monoisotopic (exact) mass is 351 g/mol. The molecule has 1 aliphatic heterocycles. The van der Waals surface area contributed by atoms with Crippen molar-refractivity contribution in [2.75, 3.05) is 4.90 Å². The fourth-order valence-electron chi connectivity index (χ4n) is 3.11. The fourth-order valence-corrected chi connectivity index (χ4v) is 3.11. The molecule has 5 nitrogen and oxygen atoms in total. The number of rotatable bonds is 3. The minimum absolute atomic E-state index is 0.0527. The highest BCUT2D eigenvalue weighted by molar-refractivity contribution is 6.17. The minimum Gasteiger partial charge on any atom is -0.506 e. The number of carbonyl (C=O) groups is 2. The lowest BCUT2D eigenvalue weighted by atomic mass is 9.82. The zero-order valence-electron chi connectivity index (χ0n) is 14.9. The molecule has 1 aliphatic rings. The van der Waals surface area contributed by atoms with Crippen LogP contribution in [-0.2, 0) is 9.59 Å². The number of hydrogen-bond acceptors (Lipinski definition) is 4. The Morgan fingerprint density at radius 1 is 0.962 bits per heavy atom. The van der Waals surface area contributed by atoms with Crippen molar-refractivity contribution in [1.82, 2.24) is 0 Å². The fraction of sp³-hybridized carbons (Fsp3) is 0.238. The van der Waals surface area contributed by atoms with Crippen LogP contribution in [0.3, 0.4) is 0 Å². The summed E-state index contributed by atoms with van der Waals surface area (Å²) in [6.07, 6.45) is 0. The minimum atomic E-state index is -0.802. The number of carbonyl (C=O) groups excluding carboxylic acids is 2. The van der Waals surface area contributed by atoms with Gasteiger partial charge in [0.2, 0.25) is 0 Å². The maximum Gasteiger partial charge on any atom is 0.294 e. The van der Waals surface area contributed by atoms with Gasteiger partial charge in [0.05, 0.1) is 17.3 Å². The van der Waals surface area contributed by atoms with Gasteiger partial charge in [-0.25, -0.2) is 0 Å². The summed E-state index contributed by atoms with van der Waals surface area (Å²) in [6.45, 7) is 5.22. The number of phenols is 1. The molecule has 0 saturated carbocycles. The third-order valence-electron chi connectivity index (χ3n) is 4.39. The van der Waals surface area contributed by atoms with Crippen LogP contribution in [0.15, 0.2) is 65.9 Å². The Labute approximate surface area is 152 Å². The van der Waals surface area contributed by atoms with Crippen LogP contribution in [0.2, 0.25) is 0 Å². The van der Waals surface area contributed by atoms with Crippen LogP contribution in [-0.4, -0.2) is 21.9 Å². The van der Waals surface area contributed by atoms with E-state index in [2.05, 4.69) is 0 Å². The summed E-state index contributed by atoms with van der Waals surface area (Å²) >= 11 is 0. The van der Waals surface area contributed by atoms with Crippen molar-refractivity contribution >= 4 is 17.4 Å². The molecule has 5 heteroatoms. The van der Waals surface area contributed by atoms with Gasteiger partial charge in [0.25, 0.3) is 5.91 Å². The molecule has 1 unspecified atom stereocenters. The van der Waals surface area contributed by atoms with E-state index in [-0.39, 0.29) is 22.8 Å². The van der Waals surface area contributed by atoms with Gasteiger partial charge in [-0.3, -0.25) is 14.5 Å². The highest BCUT2D eigenvalue weighted by atomic mass is 16.3. The molecule has 1 amide bonds. The van der Waals surface area contributed by atoms with Crippen molar-refractivity contribution in [3.63, 3.8) is 0 Å². The number of amides is 1. The summed E-state index contributed by atoms with van der Waals surface area (Å²) in [4.78, 5) is 27.1. The van der Waals surface area contributed by atoms with E-state index in [1.807, 2.05) is 6.07 Å². The topological polar surface area (TPSA) is 77.8 Å². The van der Waals surface area contributed by atoms with Crippen LogP contribution in [0.5, 0.6) is 5.75 Å². The van der Waals surface area contributed by atoms with E-state index in [1.165, 1.54) is 11.0 Å². The summed E-state index contributed by atoms with van der Waals surface area (Å²) in [5.74, 6) is -1.68. The lowest BCUT2D eigenvalue weighted by molar-refractivity contribution is -0.123. The van der Waals surface area contributed by atoms with E-state index in [1.54, 1.807) is 63.2 Å². The van der Waals surface area contributed by atoms with Crippen LogP contribution >= 0.6 is 0 Å². The van der Waals surface area contributed by atoms with Gasteiger partial charge < -0.3 is 10.2 Å². The summed E-state index contributed by atoms with van der Waals surface area (Å²) < 4.78 is 0. The first-order valence-electron chi connectivity index (χ1n) is 8.38. The van der Waals surface area contributed by atoms with Crippen molar-refractivity contribution in [3.8, 4) is 5.75 Å². The number of ketones is 1. The number of aliphatic hydroxyl groups excluding tert-OH is 1. The second-order valence-corrected chi connectivity index (χ2v) is 7.32. The largest absolute Gasteiger partial charge is 0.506 e. The third kappa shape index (κ3) is 2.86. The predicted octanol–water partition coefficient (Wildman–Crippen LogP) is 3.91. The summed E-state index contributed by atoms with van der Waals surface area (Å²) in [7, 11) is 0. The maximum atomic E-state index is 13.0. The Hall–Kier alpha value is -3.08. The average Bonchev–Trinajstić information content (AvgIpc) is 2.86. The van der Waals surface area contributed by atoms with E-state index < -0.39 is 23.1 Å². The smallest absolute Gasteiger partial charge is 0.294 e. The predicted molar refractivity (Wildman–Crippen MR) is 98.9 cm³/mol. The van der Waals surface area contributed by atoms with E-state index in [0.717, 1.165) is 0 Å². The molecule has 0 radical (unpaired) electrons. The number of benzene rings is 2. The number of aliphatic hydroxyl groups is 1. The first kappa shape index (κ1) is 17.7. The van der Waals surface area contributed by atoms with Crippen LogP contribution < -0.4 is 4.90 Å². The second kappa shape index (κ2) is 6.33. The quantitative estimate of drug-likeness (QED) is 0.879. The van der Waals surface area contributed by atoms with Crippen LogP contribution in [0.1, 0.15) is 32.4 Å². The van der Waals surface area contributed by atoms with E-state index in [9.17, 15) is 19.8 Å². The lowest BCUT2D eigenvalue weighted by Crippen LogP contribution is -2.32. The lowest BCUT2D eigenvalue weighted by Gasteiger charge is -2.29. The van der Waals surface area contributed by atoms with Crippen LogP contribution in [0.4, 0.5) is 5.69 Å². The van der Waals surface area contributed by atoms with Gasteiger partial charge >= 0.3 is 0 Å². The molecule has 134 valence electrons. The van der Waals surface area contributed by atoms with Crippen LogP contribution in [0.25, 0.3) is 0 Å². The Kier molecular flexibility index (Phi) is 4.32. The number of Topliss-reactive ketones (excluding diaryl/α,β-unsaturated/α-hetero) is 1. The first-order valence-corrected chi connectivity index (χ1v) is 8.38. The number of aromatic hydroxyl groups is 1. The van der Waals surface area contributed by atoms with Gasteiger partial charge in [-0.2, -0.15) is 0 Å². The zero-order chi connectivity index (χ0) is 19.1. The van der Waals surface area contributed by atoms with E-state index >= 15 is 0 Å². The van der Waals surface area contributed by atoms with Crippen molar-refractivity contribution in [2.24, 2.45) is 5.41 Å². The highest BCUT2D eigenvalue weighted by Gasteiger charge is 2.47.